The molecule has 90 valence electrons. The standard InChI is InChI=1S/C11H10N6S/c12-4-8-3-7(1-2-9(8)13)5-15-17-11-16-10(14)6-18-11/h1-3,5-6H,13-14H2,(H,16,17). The van der Waals surface area contributed by atoms with Gasteiger partial charge in [0.05, 0.1) is 11.8 Å². The van der Waals surface area contributed by atoms with Crippen molar-refractivity contribution in [2.75, 3.05) is 16.9 Å². The van der Waals surface area contributed by atoms with E-state index in [1.807, 2.05) is 6.07 Å². The summed E-state index contributed by atoms with van der Waals surface area (Å²) in [6, 6.07) is 7.12. The van der Waals surface area contributed by atoms with Crippen LogP contribution in [-0.4, -0.2) is 11.2 Å². The zero-order valence-electron chi connectivity index (χ0n) is 9.29. The molecule has 0 aliphatic carbocycles. The second-order valence-corrected chi connectivity index (χ2v) is 4.26. The van der Waals surface area contributed by atoms with Crippen molar-refractivity contribution in [1.29, 1.82) is 5.26 Å². The summed E-state index contributed by atoms with van der Waals surface area (Å²) in [5.41, 5.74) is 15.5. The maximum atomic E-state index is 8.84. The van der Waals surface area contributed by atoms with Gasteiger partial charge in [-0.25, -0.2) is 4.98 Å². The highest BCUT2D eigenvalue weighted by Crippen LogP contribution is 2.16. The van der Waals surface area contributed by atoms with E-state index in [1.165, 1.54) is 11.3 Å². The molecule has 1 aromatic carbocycles. The Labute approximate surface area is 108 Å². The van der Waals surface area contributed by atoms with Gasteiger partial charge in [-0.15, -0.1) is 11.3 Å². The number of rotatable bonds is 3. The number of hydrogen-bond donors (Lipinski definition) is 3. The number of benzene rings is 1. The smallest absolute Gasteiger partial charge is 0.205 e. The summed E-state index contributed by atoms with van der Waals surface area (Å²) in [7, 11) is 0. The first-order valence-corrected chi connectivity index (χ1v) is 5.86. The Morgan fingerprint density at radius 2 is 2.28 bits per heavy atom. The molecule has 0 bridgehead atoms. The van der Waals surface area contributed by atoms with E-state index < -0.39 is 0 Å². The Morgan fingerprint density at radius 3 is 2.94 bits per heavy atom. The fourth-order valence-electron chi connectivity index (χ4n) is 1.25. The van der Waals surface area contributed by atoms with Crippen LogP contribution in [0.2, 0.25) is 0 Å². The number of nitrogens with one attached hydrogen (secondary N) is 1. The lowest BCUT2D eigenvalue weighted by Gasteiger charge is -1.98. The van der Waals surface area contributed by atoms with E-state index in [0.29, 0.717) is 22.2 Å². The van der Waals surface area contributed by atoms with Crippen LogP contribution in [0.1, 0.15) is 11.1 Å². The minimum Gasteiger partial charge on any atom is -0.398 e. The lowest BCUT2D eigenvalue weighted by atomic mass is 10.1. The molecule has 0 unspecified atom stereocenters. The highest BCUT2D eigenvalue weighted by atomic mass is 32.1. The Morgan fingerprint density at radius 1 is 1.44 bits per heavy atom. The van der Waals surface area contributed by atoms with Crippen LogP contribution in [0.3, 0.4) is 0 Å². The average Bonchev–Trinajstić information content (AvgIpc) is 2.77. The van der Waals surface area contributed by atoms with Crippen LogP contribution in [0.5, 0.6) is 0 Å². The second-order valence-electron chi connectivity index (χ2n) is 3.41. The normalized spacial score (nSPS) is 10.4. The van der Waals surface area contributed by atoms with Crippen molar-refractivity contribution in [2.24, 2.45) is 5.10 Å². The molecule has 2 rings (SSSR count). The van der Waals surface area contributed by atoms with Crippen LogP contribution >= 0.6 is 11.3 Å². The van der Waals surface area contributed by atoms with E-state index in [4.69, 9.17) is 16.7 Å². The predicted octanol–water partition coefficient (Wildman–Crippen LogP) is 1.63. The van der Waals surface area contributed by atoms with Gasteiger partial charge in [-0.1, -0.05) is 6.07 Å². The third-order valence-corrected chi connectivity index (χ3v) is 2.86. The fourth-order valence-corrected chi connectivity index (χ4v) is 1.80. The summed E-state index contributed by atoms with van der Waals surface area (Å²) in [6.45, 7) is 0. The highest BCUT2D eigenvalue weighted by molar-refractivity contribution is 7.14. The number of hydrazone groups is 1. The third kappa shape index (κ3) is 2.75. The molecule has 0 fully saturated rings. The van der Waals surface area contributed by atoms with Crippen molar-refractivity contribution in [3.8, 4) is 6.07 Å². The molecule has 0 aliphatic heterocycles. The highest BCUT2D eigenvalue weighted by Gasteiger charge is 1.98. The Bertz CT molecular complexity index is 625. The van der Waals surface area contributed by atoms with Crippen molar-refractivity contribution in [1.82, 2.24) is 4.98 Å². The van der Waals surface area contributed by atoms with Gasteiger partial charge in [-0.2, -0.15) is 10.4 Å². The van der Waals surface area contributed by atoms with Gasteiger partial charge in [-0.3, -0.25) is 5.43 Å². The average molecular weight is 258 g/mol. The van der Waals surface area contributed by atoms with Gasteiger partial charge in [0.15, 0.2) is 0 Å². The van der Waals surface area contributed by atoms with Crippen LogP contribution < -0.4 is 16.9 Å². The van der Waals surface area contributed by atoms with Gasteiger partial charge in [0.25, 0.3) is 0 Å². The first-order chi connectivity index (χ1) is 8.69. The molecule has 2 aromatic rings. The zero-order valence-corrected chi connectivity index (χ0v) is 10.1. The molecule has 0 atom stereocenters. The number of anilines is 3. The van der Waals surface area contributed by atoms with Gasteiger partial charge < -0.3 is 11.5 Å². The maximum Gasteiger partial charge on any atom is 0.205 e. The van der Waals surface area contributed by atoms with E-state index in [0.717, 1.165) is 5.56 Å². The first kappa shape index (κ1) is 11.9. The molecule has 0 saturated heterocycles. The topological polar surface area (TPSA) is 113 Å². The number of nitriles is 1. The van der Waals surface area contributed by atoms with Gasteiger partial charge >= 0.3 is 0 Å². The van der Waals surface area contributed by atoms with E-state index in [2.05, 4.69) is 15.5 Å². The van der Waals surface area contributed by atoms with E-state index in [-0.39, 0.29) is 0 Å². The molecular weight excluding hydrogens is 248 g/mol. The molecule has 6 nitrogen and oxygen atoms in total. The van der Waals surface area contributed by atoms with Crippen LogP contribution in [0.15, 0.2) is 28.7 Å². The van der Waals surface area contributed by atoms with Crippen molar-refractivity contribution < 1.29 is 0 Å². The molecule has 0 aliphatic rings. The van der Waals surface area contributed by atoms with Crippen molar-refractivity contribution in [3.05, 3.63) is 34.7 Å². The van der Waals surface area contributed by atoms with Crippen LogP contribution in [0.25, 0.3) is 0 Å². The minimum atomic E-state index is 0.428. The number of nitrogens with two attached hydrogens (primary N) is 2. The molecule has 0 radical (unpaired) electrons. The summed E-state index contributed by atoms with van der Waals surface area (Å²) in [4.78, 5) is 3.99. The molecule has 1 aromatic heterocycles. The predicted molar refractivity (Wildman–Crippen MR) is 73.3 cm³/mol. The zero-order chi connectivity index (χ0) is 13.0. The first-order valence-electron chi connectivity index (χ1n) is 4.99. The Balaban J connectivity index is 2.07. The molecule has 7 heteroatoms. The van der Waals surface area contributed by atoms with Crippen molar-refractivity contribution >= 4 is 34.2 Å². The van der Waals surface area contributed by atoms with Gasteiger partial charge in [0.1, 0.15) is 11.9 Å². The number of hydrogen-bond acceptors (Lipinski definition) is 7. The lowest BCUT2D eigenvalue weighted by Crippen LogP contribution is -1.94. The molecule has 0 spiro atoms. The summed E-state index contributed by atoms with van der Waals surface area (Å²) in [5, 5.41) is 15.2. The molecule has 0 saturated carbocycles. The maximum absolute atomic E-state index is 8.84. The van der Waals surface area contributed by atoms with Gasteiger partial charge in [0.2, 0.25) is 5.13 Å². The van der Waals surface area contributed by atoms with E-state index >= 15 is 0 Å². The Hall–Kier alpha value is -2.59. The van der Waals surface area contributed by atoms with Gasteiger partial charge in [0, 0.05) is 11.1 Å². The van der Waals surface area contributed by atoms with Crippen LogP contribution in [0.4, 0.5) is 16.6 Å². The van der Waals surface area contributed by atoms with E-state index in [9.17, 15) is 0 Å². The summed E-state index contributed by atoms with van der Waals surface area (Å²) < 4.78 is 0. The lowest BCUT2D eigenvalue weighted by molar-refractivity contribution is 1.29. The third-order valence-electron chi connectivity index (χ3n) is 2.09. The fraction of sp³-hybridized carbons (Fsp3) is 0. The number of thiazole rings is 1. The largest absolute Gasteiger partial charge is 0.398 e. The molecule has 0 amide bonds. The molecule has 1 heterocycles. The molecule has 5 N–H and O–H groups in total. The minimum absolute atomic E-state index is 0.428. The van der Waals surface area contributed by atoms with Crippen LogP contribution in [0, 0.1) is 11.3 Å². The quantitative estimate of drug-likeness (QED) is 0.440. The summed E-state index contributed by atoms with van der Waals surface area (Å²) >= 11 is 1.36. The molecular formula is C11H10N6S. The van der Waals surface area contributed by atoms with Crippen LogP contribution in [-0.2, 0) is 0 Å². The van der Waals surface area contributed by atoms with Crippen molar-refractivity contribution in [2.45, 2.75) is 0 Å². The Kier molecular flexibility index (Phi) is 3.41. The van der Waals surface area contributed by atoms with Crippen molar-refractivity contribution in [3.63, 3.8) is 0 Å². The second kappa shape index (κ2) is 5.16. The van der Waals surface area contributed by atoms with Gasteiger partial charge in [-0.05, 0) is 17.7 Å². The molecule has 18 heavy (non-hydrogen) atoms. The number of aromatic nitrogens is 1. The van der Waals surface area contributed by atoms with E-state index in [1.54, 1.807) is 29.8 Å². The SMILES string of the molecule is N#Cc1cc(C=NNc2nc(N)cs2)ccc1N. The monoisotopic (exact) mass is 258 g/mol. The summed E-state index contributed by atoms with van der Waals surface area (Å²) in [6.07, 6.45) is 1.58. The number of nitrogen functional groups attached to an aromatic ring is 2. The number of nitrogens with zero attached hydrogens (tertiary/aromatic N) is 3. The summed E-state index contributed by atoms with van der Waals surface area (Å²) in [5.74, 6) is 0.456.